The van der Waals surface area contributed by atoms with Crippen molar-refractivity contribution >= 4 is 22.6 Å². The van der Waals surface area contributed by atoms with Crippen LogP contribution in [0.15, 0.2) is 12.1 Å². The zero-order valence-corrected chi connectivity index (χ0v) is 7.68. The van der Waals surface area contributed by atoms with Crippen molar-refractivity contribution in [1.29, 1.82) is 5.26 Å². The molecule has 4 heteroatoms. The molecule has 0 saturated heterocycles. The molecule has 0 aliphatic heterocycles. The van der Waals surface area contributed by atoms with Gasteiger partial charge in [0.2, 0.25) is 5.28 Å². The fraction of sp³-hybridized carbons (Fsp3) is 0.111. The number of halogens is 1. The third-order valence-corrected chi connectivity index (χ3v) is 2.12. The monoisotopic (exact) mass is 191 g/mol. The standard InChI is InChI=1S/C9H6ClN3/c1-5-2-3-7-8(6(5)4-11)13-9(10)12-7/h2-3H,1H3,(H,12,13). The van der Waals surface area contributed by atoms with Gasteiger partial charge in [0.25, 0.3) is 0 Å². The summed E-state index contributed by atoms with van der Waals surface area (Å²) in [6, 6.07) is 5.85. The maximum Gasteiger partial charge on any atom is 0.201 e. The van der Waals surface area contributed by atoms with Crippen LogP contribution in [0.3, 0.4) is 0 Å². The Balaban J connectivity index is 2.93. The average Bonchev–Trinajstić information content (AvgIpc) is 2.45. The minimum absolute atomic E-state index is 0.317. The molecular formula is C9H6ClN3. The predicted molar refractivity (Wildman–Crippen MR) is 50.6 cm³/mol. The maximum atomic E-state index is 8.88. The second kappa shape index (κ2) is 2.75. The molecule has 64 valence electrons. The number of H-pyrrole nitrogens is 1. The van der Waals surface area contributed by atoms with E-state index in [1.54, 1.807) is 0 Å². The van der Waals surface area contributed by atoms with Gasteiger partial charge in [0.15, 0.2) is 0 Å². The second-order valence-corrected chi connectivity index (χ2v) is 3.15. The van der Waals surface area contributed by atoms with E-state index >= 15 is 0 Å². The zero-order chi connectivity index (χ0) is 9.42. The molecule has 13 heavy (non-hydrogen) atoms. The van der Waals surface area contributed by atoms with Crippen molar-refractivity contribution in [3.63, 3.8) is 0 Å². The molecule has 0 saturated carbocycles. The van der Waals surface area contributed by atoms with Crippen LogP contribution in [0.4, 0.5) is 0 Å². The minimum atomic E-state index is 0.317. The lowest BCUT2D eigenvalue weighted by Crippen LogP contribution is -1.83. The summed E-state index contributed by atoms with van der Waals surface area (Å²) in [7, 11) is 0. The molecule has 0 radical (unpaired) electrons. The molecule has 1 N–H and O–H groups in total. The lowest BCUT2D eigenvalue weighted by Gasteiger charge is -1.95. The summed E-state index contributed by atoms with van der Waals surface area (Å²) >= 11 is 5.69. The van der Waals surface area contributed by atoms with Gasteiger partial charge in [-0.05, 0) is 30.2 Å². The number of hydrogen-bond donors (Lipinski definition) is 1. The fourth-order valence-corrected chi connectivity index (χ4v) is 1.47. The molecular weight excluding hydrogens is 186 g/mol. The Labute approximate surface area is 80.0 Å². The number of hydrogen-bond acceptors (Lipinski definition) is 2. The Kier molecular flexibility index (Phi) is 1.71. The van der Waals surface area contributed by atoms with Crippen molar-refractivity contribution in [2.75, 3.05) is 0 Å². The SMILES string of the molecule is Cc1ccc2[nH]c(Cl)nc2c1C#N. The topological polar surface area (TPSA) is 52.5 Å². The molecule has 1 aromatic heterocycles. The number of imidazole rings is 1. The smallest absolute Gasteiger partial charge is 0.201 e. The van der Waals surface area contributed by atoms with Crippen LogP contribution < -0.4 is 0 Å². The van der Waals surface area contributed by atoms with Crippen LogP contribution >= 0.6 is 11.6 Å². The molecule has 0 aliphatic carbocycles. The largest absolute Gasteiger partial charge is 0.329 e. The average molecular weight is 192 g/mol. The van der Waals surface area contributed by atoms with Gasteiger partial charge in [-0.3, -0.25) is 0 Å². The summed E-state index contributed by atoms with van der Waals surface area (Å²) in [5, 5.41) is 9.20. The summed E-state index contributed by atoms with van der Waals surface area (Å²) < 4.78 is 0. The summed E-state index contributed by atoms with van der Waals surface area (Å²) in [6.07, 6.45) is 0. The Morgan fingerprint density at radius 1 is 1.54 bits per heavy atom. The van der Waals surface area contributed by atoms with Crippen molar-refractivity contribution in [3.05, 3.63) is 28.5 Å². The zero-order valence-electron chi connectivity index (χ0n) is 6.93. The summed E-state index contributed by atoms with van der Waals surface area (Å²) in [4.78, 5) is 6.90. The van der Waals surface area contributed by atoms with Crippen LogP contribution in [0.25, 0.3) is 11.0 Å². The number of aromatic amines is 1. The first-order valence-electron chi connectivity index (χ1n) is 3.77. The van der Waals surface area contributed by atoms with Crippen molar-refractivity contribution in [2.45, 2.75) is 6.92 Å². The van der Waals surface area contributed by atoms with Gasteiger partial charge in [0.05, 0.1) is 11.1 Å². The highest BCUT2D eigenvalue weighted by Crippen LogP contribution is 2.20. The van der Waals surface area contributed by atoms with Gasteiger partial charge in [0.1, 0.15) is 11.6 Å². The molecule has 3 nitrogen and oxygen atoms in total. The van der Waals surface area contributed by atoms with Crippen molar-refractivity contribution in [1.82, 2.24) is 9.97 Å². The van der Waals surface area contributed by atoms with Gasteiger partial charge in [-0.15, -0.1) is 0 Å². The summed E-state index contributed by atoms with van der Waals surface area (Å²) in [5.74, 6) is 0. The highest BCUT2D eigenvalue weighted by molar-refractivity contribution is 6.29. The first kappa shape index (κ1) is 8.09. The Morgan fingerprint density at radius 2 is 2.31 bits per heavy atom. The van der Waals surface area contributed by atoms with E-state index in [0.717, 1.165) is 11.1 Å². The summed E-state index contributed by atoms with van der Waals surface area (Å²) in [6.45, 7) is 1.88. The van der Waals surface area contributed by atoms with Crippen LogP contribution in [0, 0.1) is 18.3 Å². The molecule has 2 rings (SSSR count). The number of nitrogens with one attached hydrogen (secondary N) is 1. The Hall–Kier alpha value is -1.53. The maximum absolute atomic E-state index is 8.88. The molecule has 0 spiro atoms. The van der Waals surface area contributed by atoms with Crippen LogP contribution in [0.1, 0.15) is 11.1 Å². The van der Waals surface area contributed by atoms with Gasteiger partial charge in [-0.25, -0.2) is 4.98 Å². The van der Waals surface area contributed by atoms with Gasteiger partial charge in [-0.1, -0.05) is 6.07 Å². The van der Waals surface area contributed by atoms with E-state index in [1.807, 2.05) is 19.1 Å². The third-order valence-electron chi connectivity index (χ3n) is 1.95. The molecule has 0 amide bonds. The molecule has 0 atom stereocenters. The van der Waals surface area contributed by atoms with E-state index in [-0.39, 0.29) is 0 Å². The minimum Gasteiger partial charge on any atom is -0.329 e. The Bertz CT molecular complexity index is 507. The van der Waals surface area contributed by atoms with Crippen molar-refractivity contribution < 1.29 is 0 Å². The van der Waals surface area contributed by atoms with Crippen LogP contribution in [-0.4, -0.2) is 9.97 Å². The van der Waals surface area contributed by atoms with Gasteiger partial charge in [0, 0.05) is 0 Å². The number of fused-ring (bicyclic) bond motifs is 1. The number of benzene rings is 1. The number of rotatable bonds is 0. The first-order chi connectivity index (χ1) is 6.22. The van der Waals surface area contributed by atoms with Crippen LogP contribution in [0.2, 0.25) is 5.28 Å². The van der Waals surface area contributed by atoms with E-state index < -0.39 is 0 Å². The number of aromatic nitrogens is 2. The van der Waals surface area contributed by atoms with Gasteiger partial charge >= 0.3 is 0 Å². The van der Waals surface area contributed by atoms with Crippen LogP contribution in [0.5, 0.6) is 0 Å². The molecule has 0 unspecified atom stereocenters. The first-order valence-corrected chi connectivity index (χ1v) is 4.15. The van der Waals surface area contributed by atoms with E-state index in [2.05, 4.69) is 16.0 Å². The second-order valence-electron chi connectivity index (χ2n) is 2.79. The molecule has 0 bridgehead atoms. The highest BCUT2D eigenvalue weighted by Gasteiger charge is 2.07. The summed E-state index contributed by atoms with van der Waals surface area (Å²) in [5.41, 5.74) is 2.94. The van der Waals surface area contributed by atoms with Gasteiger partial charge in [-0.2, -0.15) is 5.26 Å². The fourth-order valence-electron chi connectivity index (χ4n) is 1.29. The van der Waals surface area contributed by atoms with E-state index in [1.165, 1.54) is 0 Å². The normalized spacial score (nSPS) is 10.2. The molecule has 1 heterocycles. The number of nitrogens with zero attached hydrogens (tertiary/aromatic N) is 2. The molecule has 2 aromatic rings. The number of nitriles is 1. The highest BCUT2D eigenvalue weighted by atomic mass is 35.5. The Morgan fingerprint density at radius 3 is 3.00 bits per heavy atom. The lowest BCUT2D eigenvalue weighted by molar-refractivity contribution is 1.34. The van der Waals surface area contributed by atoms with Crippen LogP contribution in [-0.2, 0) is 0 Å². The van der Waals surface area contributed by atoms with E-state index in [4.69, 9.17) is 16.9 Å². The van der Waals surface area contributed by atoms with E-state index in [0.29, 0.717) is 16.4 Å². The molecule has 1 aromatic carbocycles. The van der Waals surface area contributed by atoms with Gasteiger partial charge < -0.3 is 4.98 Å². The van der Waals surface area contributed by atoms with E-state index in [9.17, 15) is 0 Å². The molecule has 0 fully saturated rings. The van der Waals surface area contributed by atoms with Crippen molar-refractivity contribution in [2.24, 2.45) is 0 Å². The third kappa shape index (κ3) is 1.16. The predicted octanol–water partition coefficient (Wildman–Crippen LogP) is 2.40. The lowest BCUT2D eigenvalue weighted by atomic mass is 10.1. The number of aryl methyl sites for hydroxylation is 1. The van der Waals surface area contributed by atoms with Crippen molar-refractivity contribution in [3.8, 4) is 6.07 Å². The quantitative estimate of drug-likeness (QED) is 0.695. The molecule has 0 aliphatic rings.